The van der Waals surface area contributed by atoms with Gasteiger partial charge in [0.05, 0.1) is 11.4 Å². The molecule has 1 aliphatic carbocycles. The van der Waals surface area contributed by atoms with Gasteiger partial charge in [-0.3, -0.25) is 10.1 Å². The van der Waals surface area contributed by atoms with Crippen LogP contribution in [-0.4, -0.2) is 15.2 Å². The van der Waals surface area contributed by atoms with Gasteiger partial charge in [0.1, 0.15) is 0 Å². The van der Waals surface area contributed by atoms with Crippen LogP contribution in [0.3, 0.4) is 0 Å². The molecular weight excluding hydrogens is 186 g/mol. The summed E-state index contributed by atoms with van der Waals surface area (Å²) in [5, 5.41) is 7.27. The molecular formula is C12H13N3. The van der Waals surface area contributed by atoms with Crippen LogP contribution in [0, 0.1) is 6.92 Å². The zero-order valence-corrected chi connectivity index (χ0v) is 8.70. The minimum Gasteiger partial charge on any atom is -0.285 e. The predicted octanol–water partition coefficient (Wildman–Crippen LogP) is 2.66. The van der Waals surface area contributed by atoms with Crippen molar-refractivity contribution in [2.45, 2.75) is 25.7 Å². The third-order valence-corrected chi connectivity index (χ3v) is 2.80. The topological polar surface area (TPSA) is 41.6 Å². The van der Waals surface area contributed by atoms with Crippen LogP contribution < -0.4 is 0 Å². The number of nitrogens with one attached hydrogen (secondary N) is 1. The monoisotopic (exact) mass is 199 g/mol. The van der Waals surface area contributed by atoms with E-state index in [4.69, 9.17) is 0 Å². The van der Waals surface area contributed by atoms with E-state index in [0.29, 0.717) is 5.92 Å². The number of hydrogen-bond acceptors (Lipinski definition) is 2. The lowest BCUT2D eigenvalue weighted by Gasteiger charge is -2.01. The molecule has 0 amide bonds. The summed E-state index contributed by atoms with van der Waals surface area (Å²) in [5.41, 5.74) is 4.44. The summed E-state index contributed by atoms with van der Waals surface area (Å²) >= 11 is 0. The molecule has 0 aromatic carbocycles. The van der Waals surface area contributed by atoms with E-state index < -0.39 is 0 Å². The standard InChI is InChI=1S/C12H13N3/c1-8-3-2-4-11(14-8)10-7-13-15-12(10)9-5-6-9/h2-4,7,9H,5-6H2,1H3,(H,13,15). The Hall–Kier alpha value is -1.64. The number of nitrogens with zero attached hydrogens (tertiary/aromatic N) is 2. The maximum Gasteiger partial charge on any atom is 0.0747 e. The molecule has 2 aromatic rings. The van der Waals surface area contributed by atoms with Crippen molar-refractivity contribution < 1.29 is 0 Å². The first-order valence-corrected chi connectivity index (χ1v) is 5.32. The van der Waals surface area contributed by atoms with E-state index in [1.165, 1.54) is 24.1 Å². The molecule has 0 aliphatic heterocycles. The van der Waals surface area contributed by atoms with Gasteiger partial charge in [-0.2, -0.15) is 5.10 Å². The Morgan fingerprint density at radius 1 is 1.33 bits per heavy atom. The summed E-state index contributed by atoms with van der Waals surface area (Å²) in [6.45, 7) is 2.01. The fourth-order valence-corrected chi connectivity index (χ4v) is 1.87. The predicted molar refractivity (Wildman–Crippen MR) is 58.5 cm³/mol. The van der Waals surface area contributed by atoms with Crippen LogP contribution in [0.5, 0.6) is 0 Å². The number of aromatic amines is 1. The molecule has 15 heavy (non-hydrogen) atoms. The van der Waals surface area contributed by atoms with E-state index in [1.807, 2.05) is 31.3 Å². The molecule has 2 heterocycles. The normalized spacial score (nSPS) is 15.5. The summed E-state index contributed by atoms with van der Waals surface area (Å²) < 4.78 is 0. The molecule has 0 radical (unpaired) electrons. The van der Waals surface area contributed by atoms with E-state index >= 15 is 0 Å². The third-order valence-electron chi connectivity index (χ3n) is 2.80. The Bertz CT molecular complexity index is 483. The van der Waals surface area contributed by atoms with E-state index in [9.17, 15) is 0 Å². The Kier molecular flexibility index (Phi) is 1.84. The number of aromatic nitrogens is 3. The van der Waals surface area contributed by atoms with E-state index in [-0.39, 0.29) is 0 Å². The molecule has 0 spiro atoms. The first-order chi connectivity index (χ1) is 7.34. The third kappa shape index (κ3) is 1.54. The average Bonchev–Trinajstić information content (AvgIpc) is 2.96. The summed E-state index contributed by atoms with van der Waals surface area (Å²) in [5.74, 6) is 0.661. The number of pyridine rings is 1. The van der Waals surface area contributed by atoms with E-state index in [2.05, 4.69) is 15.2 Å². The molecule has 0 saturated heterocycles. The van der Waals surface area contributed by atoms with Crippen LogP contribution in [0.25, 0.3) is 11.3 Å². The fourth-order valence-electron chi connectivity index (χ4n) is 1.87. The molecule has 76 valence electrons. The Labute approximate surface area is 88.6 Å². The van der Waals surface area contributed by atoms with Crippen molar-refractivity contribution in [1.29, 1.82) is 0 Å². The van der Waals surface area contributed by atoms with Crippen LogP contribution >= 0.6 is 0 Å². The zero-order valence-electron chi connectivity index (χ0n) is 8.70. The quantitative estimate of drug-likeness (QED) is 0.807. The molecule has 1 aliphatic rings. The van der Waals surface area contributed by atoms with Crippen molar-refractivity contribution in [2.24, 2.45) is 0 Å². The lowest BCUT2D eigenvalue weighted by atomic mass is 10.1. The first-order valence-electron chi connectivity index (χ1n) is 5.32. The van der Waals surface area contributed by atoms with Crippen LogP contribution in [0.15, 0.2) is 24.4 Å². The Morgan fingerprint density at radius 2 is 2.20 bits per heavy atom. The van der Waals surface area contributed by atoms with E-state index in [0.717, 1.165) is 11.4 Å². The van der Waals surface area contributed by atoms with Gasteiger partial charge in [-0.05, 0) is 31.9 Å². The maximum absolute atomic E-state index is 4.53. The van der Waals surface area contributed by atoms with E-state index in [1.54, 1.807) is 0 Å². The van der Waals surface area contributed by atoms with Crippen LogP contribution in [0.2, 0.25) is 0 Å². The molecule has 1 saturated carbocycles. The van der Waals surface area contributed by atoms with Crippen molar-refractivity contribution in [3.05, 3.63) is 35.8 Å². The summed E-state index contributed by atoms with van der Waals surface area (Å²) in [6.07, 6.45) is 4.49. The minimum atomic E-state index is 0.661. The first kappa shape index (κ1) is 8.65. The molecule has 3 rings (SSSR count). The van der Waals surface area contributed by atoms with Crippen LogP contribution in [-0.2, 0) is 0 Å². The fraction of sp³-hybridized carbons (Fsp3) is 0.333. The van der Waals surface area contributed by atoms with Gasteiger partial charge in [0.15, 0.2) is 0 Å². The van der Waals surface area contributed by atoms with Crippen molar-refractivity contribution in [2.75, 3.05) is 0 Å². The van der Waals surface area contributed by atoms with Gasteiger partial charge in [0.25, 0.3) is 0 Å². The average molecular weight is 199 g/mol. The van der Waals surface area contributed by atoms with Gasteiger partial charge >= 0.3 is 0 Å². The van der Waals surface area contributed by atoms with Crippen molar-refractivity contribution in [1.82, 2.24) is 15.2 Å². The number of rotatable bonds is 2. The lowest BCUT2D eigenvalue weighted by Crippen LogP contribution is -1.89. The van der Waals surface area contributed by atoms with Gasteiger partial charge < -0.3 is 0 Å². The van der Waals surface area contributed by atoms with Gasteiger partial charge in [0, 0.05) is 23.4 Å². The van der Waals surface area contributed by atoms with Gasteiger partial charge in [0.2, 0.25) is 0 Å². The molecule has 2 aromatic heterocycles. The molecule has 0 bridgehead atoms. The van der Waals surface area contributed by atoms with Crippen molar-refractivity contribution in [3.63, 3.8) is 0 Å². The molecule has 1 fully saturated rings. The van der Waals surface area contributed by atoms with Crippen LogP contribution in [0.4, 0.5) is 0 Å². The zero-order chi connectivity index (χ0) is 10.3. The molecule has 3 heteroatoms. The van der Waals surface area contributed by atoms with Crippen molar-refractivity contribution in [3.8, 4) is 11.3 Å². The molecule has 0 atom stereocenters. The highest BCUT2D eigenvalue weighted by Gasteiger charge is 2.29. The summed E-state index contributed by atoms with van der Waals surface area (Å²) in [4.78, 5) is 4.53. The molecule has 3 nitrogen and oxygen atoms in total. The highest BCUT2D eigenvalue weighted by molar-refractivity contribution is 5.62. The maximum atomic E-state index is 4.53. The second-order valence-corrected chi connectivity index (χ2v) is 4.12. The van der Waals surface area contributed by atoms with Crippen molar-refractivity contribution >= 4 is 0 Å². The largest absolute Gasteiger partial charge is 0.285 e. The smallest absolute Gasteiger partial charge is 0.0747 e. The molecule has 1 N–H and O–H groups in total. The minimum absolute atomic E-state index is 0.661. The van der Waals surface area contributed by atoms with Gasteiger partial charge in [-0.15, -0.1) is 0 Å². The molecule has 0 unspecified atom stereocenters. The highest BCUT2D eigenvalue weighted by Crippen LogP contribution is 2.42. The highest BCUT2D eigenvalue weighted by atomic mass is 15.1. The number of H-pyrrole nitrogens is 1. The Balaban J connectivity index is 2.07. The second kappa shape index (κ2) is 3.19. The number of aryl methyl sites for hydroxylation is 1. The summed E-state index contributed by atoms with van der Waals surface area (Å²) in [6, 6.07) is 6.10. The SMILES string of the molecule is Cc1cccc(-c2c[nH]nc2C2CC2)n1. The van der Waals surface area contributed by atoms with Gasteiger partial charge in [-0.25, -0.2) is 0 Å². The Morgan fingerprint density at radius 3 is 2.93 bits per heavy atom. The lowest BCUT2D eigenvalue weighted by molar-refractivity contribution is 0.965. The van der Waals surface area contributed by atoms with Crippen LogP contribution in [0.1, 0.15) is 30.1 Å². The second-order valence-electron chi connectivity index (χ2n) is 4.12. The number of hydrogen-bond donors (Lipinski definition) is 1. The summed E-state index contributed by atoms with van der Waals surface area (Å²) in [7, 11) is 0. The van der Waals surface area contributed by atoms with Gasteiger partial charge in [-0.1, -0.05) is 6.07 Å².